The van der Waals surface area contributed by atoms with Gasteiger partial charge in [-0.15, -0.1) is 12.4 Å². The maximum absolute atomic E-state index is 11.9. The molecule has 1 unspecified atom stereocenters. The fourth-order valence-electron chi connectivity index (χ4n) is 2.07. The number of halogens is 1. The van der Waals surface area contributed by atoms with Gasteiger partial charge in [-0.05, 0) is 23.6 Å². The van der Waals surface area contributed by atoms with E-state index in [1.165, 1.54) is 7.11 Å². The molecule has 2 aromatic rings. The number of rotatable bonds is 5. The topological polar surface area (TPSA) is 90.4 Å². The van der Waals surface area contributed by atoms with Crippen molar-refractivity contribution in [3.8, 4) is 0 Å². The Balaban J connectivity index is 0.00000264. The summed E-state index contributed by atoms with van der Waals surface area (Å²) >= 11 is 0. The molecule has 0 bridgehead atoms. The third-order valence-corrected chi connectivity index (χ3v) is 3.06. The highest BCUT2D eigenvalue weighted by Gasteiger charge is 2.17. The Kier molecular flexibility index (Phi) is 6.56. The molecule has 0 spiro atoms. The molecule has 128 valence electrons. The molecule has 1 aromatic carbocycles. The van der Waals surface area contributed by atoms with Gasteiger partial charge in [0.05, 0.1) is 6.61 Å². The summed E-state index contributed by atoms with van der Waals surface area (Å²) in [5, 5.41) is 2.75. The average molecular weight is 342 g/mol. The van der Waals surface area contributed by atoms with Crippen molar-refractivity contribution < 1.29 is 13.9 Å². The van der Waals surface area contributed by atoms with Crippen LogP contribution in [0.1, 0.15) is 26.7 Å². The van der Waals surface area contributed by atoms with Crippen LogP contribution in [0.4, 0.5) is 5.69 Å². The highest BCUT2D eigenvalue weighted by Crippen LogP contribution is 2.25. The second-order valence-electron chi connectivity index (χ2n) is 6.58. The molecule has 23 heavy (non-hydrogen) atoms. The van der Waals surface area contributed by atoms with Crippen molar-refractivity contribution in [3.05, 3.63) is 24.1 Å². The summed E-state index contributed by atoms with van der Waals surface area (Å²) in [6.07, 6.45) is 0.752. The highest BCUT2D eigenvalue weighted by molar-refractivity contribution is 5.96. The van der Waals surface area contributed by atoms with Crippen LogP contribution in [0.2, 0.25) is 0 Å². The number of anilines is 1. The Morgan fingerprint density at radius 3 is 2.74 bits per heavy atom. The quantitative estimate of drug-likeness (QED) is 0.872. The minimum atomic E-state index is -0.700. The van der Waals surface area contributed by atoms with Gasteiger partial charge in [-0.25, -0.2) is 4.98 Å². The number of aromatic nitrogens is 1. The van der Waals surface area contributed by atoms with Crippen molar-refractivity contribution in [2.45, 2.75) is 33.2 Å². The second kappa shape index (κ2) is 7.77. The Morgan fingerprint density at radius 1 is 1.43 bits per heavy atom. The van der Waals surface area contributed by atoms with Gasteiger partial charge in [-0.3, -0.25) is 4.79 Å². The van der Waals surface area contributed by atoms with Crippen LogP contribution in [0.15, 0.2) is 22.6 Å². The van der Waals surface area contributed by atoms with Gasteiger partial charge < -0.3 is 20.2 Å². The standard InChI is InChI=1S/C16H23N3O3.ClH/c1-16(2,3)8-14-19-12-7-10(5-6-13(12)22-14)18-15(20)11(17)9-21-4;/h5-7,11H,8-9,17H2,1-4H3,(H,18,20);1H. The third kappa shape index (κ3) is 5.49. The molecular weight excluding hydrogens is 318 g/mol. The van der Waals surface area contributed by atoms with Crippen LogP contribution in [-0.2, 0) is 16.0 Å². The third-order valence-electron chi connectivity index (χ3n) is 3.06. The predicted molar refractivity (Wildman–Crippen MR) is 92.9 cm³/mol. The number of nitrogens with zero attached hydrogens (tertiary/aromatic N) is 1. The van der Waals surface area contributed by atoms with E-state index in [-0.39, 0.29) is 30.3 Å². The lowest BCUT2D eigenvalue weighted by molar-refractivity contribution is -0.118. The van der Waals surface area contributed by atoms with Gasteiger partial charge in [0.1, 0.15) is 11.6 Å². The van der Waals surface area contributed by atoms with Crippen LogP contribution in [0.5, 0.6) is 0 Å². The van der Waals surface area contributed by atoms with E-state index in [0.717, 1.165) is 11.9 Å². The van der Waals surface area contributed by atoms with Crippen LogP contribution in [0.25, 0.3) is 11.1 Å². The first-order chi connectivity index (χ1) is 10.3. The molecule has 0 aliphatic rings. The Labute approximate surface area is 142 Å². The summed E-state index contributed by atoms with van der Waals surface area (Å²) in [4.78, 5) is 16.3. The first-order valence-electron chi connectivity index (χ1n) is 7.23. The molecule has 0 saturated heterocycles. The maximum atomic E-state index is 11.9. The summed E-state index contributed by atoms with van der Waals surface area (Å²) in [5.41, 5.74) is 7.86. The number of benzene rings is 1. The molecule has 1 amide bonds. The van der Waals surface area contributed by atoms with Gasteiger partial charge in [0.15, 0.2) is 11.5 Å². The molecule has 6 nitrogen and oxygen atoms in total. The zero-order valence-electron chi connectivity index (χ0n) is 13.9. The van der Waals surface area contributed by atoms with E-state index in [1.54, 1.807) is 18.2 Å². The minimum absolute atomic E-state index is 0. The number of hydrogen-bond donors (Lipinski definition) is 2. The van der Waals surface area contributed by atoms with E-state index in [9.17, 15) is 4.79 Å². The number of hydrogen-bond acceptors (Lipinski definition) is 5. The normalized spacial score (nSPS) is 12.7. The van der Waals surface area contributed by atoms with Gasteiger partial charge in [0.2, 0.25) is 5.91 Å². The number of ether oxygens (including phenoxy) is 1. The molecule has 0 saturated carbocycles. The monoisotopic (exact) mass is 341 g/mol. The van der Waals surface area contributed by atoms with Crippen molar-refractivity contribution in [1.29, 1.82) is 0 Å². The zero-order chi connectivity index (χ0) is 16.3. The molecule has 7 heteroatoms. The molecule has 0 fully saturated rings. The van der Waals surface area contributed by atoms with Crippen molar-refractivity contribution in [2.24, 2.45) is 11.1 Å². The molecule has 3 N–H and O–H groups in total. The first-order valence-corrected chi connectivity index (χ1v) is 7.23. The van der Waals surface area contributed by atoms with E-state index in [0.29, 0.717) is 17.2 Å². The van der Waals surface area contributed by atoms with Gasteiger partial charge in [0.25, 0.3) is 0 Å². The lowest BCUT2D eigenvalue weighted by atomic mass is 9.92. The largest absolute Gasteiger partial charge is 0.441 e. The van der Waals surface area contributed by atoms with Crippen LogP contribution in [0, 0.1) is 5.41 Å². The summed E-state index contributed by atoms with van der Waals surface area (Å²) in [5.74, 6) is 0.404. The van der Waals surface area contributed by atoms with Crippen molar-refractivity contribution >= 4 is 35.1 Å². The summed E-state index contributed by atoms with van der Waals surface area (Å²) in [6.45, 7) is 6.56. The van der Waals surface area contributed by atoms with Crippen LogP contribution in [0.3, 0.4) is 0 Å². The highest BCUT2D eigenvalue weighted by atomic mass is 35.5. The van der Waals surface area contributed by atoms with E-state index in [1.807, 2.05) is 0 Å². The first kappa shape index (κ1) is 19.4. The van der Waals surface area contributed by atoms with Crippen molar-refractivity contribution in [2.75, 3.05) is 19.0 Å². The minimum Gasteiger partial charge on any atom is -0.441 e. The van der Waals surface area contributed by atoms with Gasteiger partial charge in [0, 0.05) is 19.2 Å². The van der Waals surface area contributed by atoms with Crippen LogP contribution in [-0.4, -0.2) is 30.6 Å². The van der Waals surface area contributed by atoms with E-state index < -0.39 is 6.04 Å². The smallest absolute Gasteiger partial charge is 0.243 e. The van der Waals surface area contributed by atoms with Crippen LogP contribution >= 0.6 is 12.4 Å². The zero-order valence-corrected chi connectivity index (χ0v) is 14.7. The molecule has 0 aliphatic heterocycles. The summed E-state index contributed by atoms with van der Waals surface area (Å²) in [6, 6.07) is 4.65. The summed E-state index contributed by atoms with van der Waals surface area (Å²) < 4.78 is 10.6. The number of nitrogens with one attached hydrogen (secondary N) is 1. The number of fused-ring (bicyclic) bond motifs is 1. The van der Waals surface area contributed by atoms with E-state index in [2.05, 4.69) is 31.1 Å². The fraction of sp³-hybridized carbons (Fsp3) is 0.500. The van der Waals surface area contributed by atoms with Crippen molar-refractivity contribution in [1.82, 2.24) is 4.98 Å². The Morgan fingerprint density at radius 2 is 2.13 bits per heavy atom. The molecule has 1 atom stereocenters. The number of nitrogens with two attached hydrogens (primary N) is 1. The predicted octanol–water partition coefficient (Wildman–Crippen LogP) is 2.75. The lowest BCUT2D eigenvalue weighted by Gasteiger charge is -2.14. The Bertz CT molecular complexity index is 664. The lowest BCUT2D eigenvalue weighted by Crippen LogP contribution is -2.39. The molecule has 1 aromatic heterocycles. The SMILES string of the molecule is COCC(N)C(=O)Nc1ccc2oc(CC(C)(C)C)nc2c1.Cl. The van der Waals surface area contributed by atoms with Gasteiger partial charge >= 0.3 is 0 Å². The number of oxazole rings is 1. The van der Waals surface area contributed by atoms with Crippen molar-refractivity contribution in [3.63, 3.8) is 0 Å². The van der Waals surface area contributed by atoms with E-state index in [4.69, 9.17) is 14.9 Å². The summed E-state index contributed by atoms with van der Waals surface area (Å²) in [7, 11) is 1.51. The van der Waals surface area contributed by atoms with E-state index >= 15 is 0 Å². The van der Waals surface area contributed by atoms with Gasteiger partial charge in [-0.2, -0.15) is 0 Å². The Hall–Kier alpha value is -1.63. The molecule has 1 heterocycles. The number of amides is 1. The molecule has 0 aliphatic carbocycles. The molecule has 0 radical (unpaired) electrons. The van der Waals surface area contributed by atoms with Gasteiger partial charge in [-0.1, -0.05) is 20.8 Å². The number of methoxy groups -OCH3 is 1. The van der Waals surface area contributed by atoms with Crippen LogP contribution < -0.4 is 11.1 Å². The maximum Gasteiger partial charge on any atom is 0.243 e. The molecule has 2 rings (SSSR count). The average Bonchev–Trinajstić information content (AvgIpc) is 2.77. The fourth-order valence-corrected chi connectivity index (χ4v) is 2.07. The second-order valence-corrected chi connectivity index (χ2v) is 6.58. The molecular formula is C16H24ClN3O3. The number of carbonyl (C=O) groups excluding carboxylic acids is 1. The number of carbonyl (C=O) groups is 1.